The van der Waals surface area contributed by atoms with E-state index in [-0.39, 0.29) is 12.6 Å². The maximum absolute atomic E-state index is 12.9. The number of hydrogen-bond acceptors (Lipinski definition) is 5. The van der Waals surface area contributed by atoms with Gasteiger partial charge < -0.3 is 19.9 Å². The second-order valence-corrected chi connectivity index (χ2v) is 10.0. The van der Waals surface area contributed by atoms with Crippen LogP contribution in [0.15, 0.2) is 36.4 Å². The normalized spacial score (nSPS) is 18.2. The number of morpholine rings is 1. The number of halogens is 3. The topological polar surface area (TPSA) is 86.4 Å². The van der Waals surface area contributed by atoms with Gasteiger partial charge in [0.05, 0.1) is 18.9 Å². The summed E-state index contributed by atoms with van der Waals surface area (Å²) in [6.07, 6.45) is -4.74. The standard InChI is InChI=1S/C27H31F3N6O2/c1-17-3-4-21(31-26(37)36-6-5-19(16-36)15-27(28,29)30)14-22(17)20-12-23(24-11-18(2)33-34-24)32-25(13-20)35-7-9-38-10-8-35/h3-4,11-14,19H,5-10,15-16H2,1-2H3,(H,31,37)(H,33,34). The zero-order chi connectivity index (χ0) is 26.9. The van der Waals surface area contributed by atoms with Crippen LogP contribution in [-0.4, -0.2) is 71.7 Å². The summed E-state index contributed by atoms with van der Waals surface area (Å²) in [7, 11) is 0. The van der Waals surface area contributed by atoms with E-state index in [1.807, 2.05) is 50.2 Å². The quantitative estimate of drug-likeness (QED) is 0.463. The van der Waals surface area contributed by atoms with Gasteiger partial charge in [-0.1, -0.05) is 6.07 Å². The Morgan fingerprint density at radius 2 is 1.89 bits per heavy atom. The van der Waals surface area contributed by atoms with Crippen molar-refractivity contribution in [2.24, 2.45) is 5.92 Å². The van der Waals surface area contributed by atoms with Gasteiger partial charge in [-0.25, -0.2) is 9.78 Å². The van der Waals surface area contributed by atoms with E-state index in [1.54, 1.807) is 0 Å². The van der Waals surface area contributed by atoms with Gasteiger partial charge in [-0.3, -0.25) is 5.10 Å². The maximum Gasteiger partial charge on any atom is 0.389 e. The van der Waals surface area contributed by atoms with E-state index >= 15 is 0 Å². The summed E-state index contributed by atoms with van der Waals surface area (Å²) in [5, 5.41) is 10.2. The molecular weight excluding hydrogens is 497 g/mol. The van der Waals surface area contributed by atoms with Gasteiger partial charge in [0.1, 0.15) is 11.5 Å². The highest BCUT2D eigenvalue weighted by atomic mass is 19.4. The number of aryl methyl sites for hydroxylation is 2. The number of nitrogens with one attached hydrogen (secondary N) is 2. The van der Waals surface area contributed by atoms with Crippen LogP contribution in [0.5, 0.6) is 0 Å². The number of aromatic nitrogens is 3. The summed E-state index contributed by atoms with van der Waals surface area (Å²) in [4.78, 5) is 21.4. The molecule has 11 heteroatoms. The van der Waals surface area contributed by atoms with Gasteiger partial charge in [0.15, 0.2) is 0 Å². The fraction of sp³-hybridized carbons (Fsp3) is 0.444. The number of carbonyl (C=O) groups excluding carboxylic acids is 1. The number of amides is 2. The number of hydrogen-bond donors (Lipinski definition) is 2. The minimum atomic E-state index is -4.22. The average Bonchev–Trinajstić information content (AvgIpc) is 3.53. The molecule has 2 amide bonds. The Hall–Kier alpha value is -3.60. The number of nitrogens with zero attached hydrogens (tertiary/aromatic N) is 4. The number of urea groups is 1. The van der Waals surface area contributed by atoms with Gasteiger partial charge >= 0.3 is 12.2 Å². The molecule has 4 heterocycles. The molecule has 2 fully saturated rings. The molecule has 8 nitrogen and oxygen atoms in total. The van der Waals surface area contributed by atoms with E-state index in [0.29, 0.717) is 31.9 Å². The summed E-state index contributed by atoms with van der Waals surface area (Å²) >= 11 is 0. The Morgan fingerprint density at radius 1 is 1.11 bits per heavy atom. The van der Waals surface area contributed by atoms with Gasteiger partial charge in [-0.2, -0.15) is 18.3 Å². The number of ether oxygens (including phenoxy) is 1. The highest BCUT2D eigenvalue weighted by Gasteiger charge is 2.36. The van der Waals surface area contributed by atoms with E-state index in [0.717, 1.165) is 52.7 Å². The summed E-state index contributed by atoms with van der Waals surface area (Å²) in [5.41, 5.74) is 5.84. The predicted octanol–water partition coefficient (Wildman–Crippen LogP) is 5.40. The van der Waals surface area contributed by atoms with Crippen LogP contribution in [0.4, 0.5) is 29.5 Å². The number of H-pyrrole nitrogens is 1. The number of alkyl halides is 3. The van der Waals surface area contributed by atoms with Crippen molar-refractivity contribution in [1.29, 1.82) is 0 Å². The summed E-state index contributed by atoms with van der Waals surface area (Å²) in [5.74, 6) is 0.261. The summed E-state index contributed by atoms with van der Waals surface area (Å²) in [6.45, 7) is 7.06. The van der Waals surface area contributed by atoms with Crippen LogP contribution in [-0.2, 0) is 4.74 Å². The minimum absolute atomic E-state index is 0.101. The molecule has 202 valence electrons. The number of rotatable bonds is 5. The highest BCUT2D eigenvalue weighted by Crippen LogP contribution is 2.34. The zero-order valence-corrected chi connectivity index (χ0v) is 21.4. The van der Waals surface area contributed by atoms with E-state index in [4.69, 9.17) is 9.72 Å². The second-order valence-electron chi connectivity index (χ2n) is 10.0. The van der Waals surface area contributed by atoms with Gasteiger partial charge in [0.2, 0.25) is 0 Å². The molecule has 0 radical (unpaired) electrons. The van der Waals surface area contributed by atoms with Crippen molar-refractivity contribution in [2.45, 2.75) is 32.9 Å². The van der Waals surface area contributed by atoms with Crippen LogP contribution in [0.25, 0.3) is 22.5 Å². The van der Waals surface area contributed by atoms with Gasteiger partial charge in [-0.15, -0.1) is 0 Å². The van der Waals surface area contributed by atoms with E-state index < -0.39 is 18.5 Å². The summed E-state index contributed by atoms with van der Waals surface area (Å²) < 4.78 is 43.8. The molecule has 0 aliphatic carbocycles. The lowest BCUT2D eigenvalue weighted by Crippen LogP contribution is -2.36. The fourth-order valence-electron chi connectivity index (χ4n) is 5.03. The molecule has 0 saturated carbocycles. The third-order valence-corrected chi connectivity index (χ3v) is 7.01. The predicted molar refractivity (Wildman–Crippen MR) is 139 cm³/mol. The molecule has 1 atom stereocenters. The van der Waals surface area contributed by atoms with Crippen molar-refractivity contribution in [3.63, 3.8) is 0 Å². The van der Waals surface area contributed by atoms with Crippen LogP contribution in [0, 0.1) is 19.8 Å². The van der Waals surface area contributed by atoms with Crippen LogP contribution in [0.2, 0.25) is 0 Å². The van der Waals surface area contributed by atoms with Crippen molar-refractivity contribution in [3.8, 4) is 22.5 Å². The van der Waals surface area contributed by atoms with Crippen molar-refractivity contribution in [1.82, 2.24) is 20.1 Å². The van der Waals surface area contributed by atoms with Crippen LogP contribution in [0.3, 0.4) is 0 Å². The van der Waals surface area contributed by atoms with Gasteiger partial charge in [0.25, 0.3) is 0 Å². The molecule has 2 aliphatic rings. The third kappa shape index (κ3) is 6.09. The second kappa shape index (κ2) is 10.6. The van der Waals surface area contributed by atoms with Crippen molar-refractivity contribution in [3.05, 3.63) is 47.7 Å². The third-order valence-electron chi connectivity index (χ3n) is 7.01. The first-order valence-corrected chi connectivity index (χ1v) is 12.8. The van der Waals surface area contributed by atoms with Crippen LogP contribution in [0.1, 0.15) is 24.1 Å². The number of benzene rings is 1. The lowest BCUT2D eigenvalue weighted by atomic mass is 9.99. The number of pyridine rings is 1. The van der Waals surface area contributed by atoms with Crippen LogP contribution >= 0.6 is 0 Å². The average molecular weight is 529 g/mol. The van der Waals surface area contributed by atoms with Crippen molar-refractivity contribution >= 4 is 17.5 Å². The first kappa shape index (κ1) is 26.0. The van der Waals surface area contributed by atoms with Crippen LogP contribution < -0.4 is 10.2 Å². The summed E-state index contributed by atoms with van der Waals surface area (Å²) in [6, 6.07) is 11.2. The molecule has 2 aromatic heterocycles. The lowest BCUT2D eigenvalue weighted by molar-refractivity contribution is -0.143. The molecule has 2 N–H and O–H groups in total. The van der Waals surface area contributed by atoms with Gasteiger partial charge in [0, 0.05) is 44.0 Å². The molecular formula is C27H31F3N6O2. The Labute approximate surface area is 219 Å². The molecule has 0 bridgehead atoms. The Morgan fingerprint density at radius 3 is 2.61 bits per heavy atom. The number of aromatic amines is 1. The van der Waals surface area contributed by atoms with E-state index in [9.17, 15) is 18.0 Å². The van der Waals surface area contributed by atoms with Crippen molar-refractivity contribution in [2.75, 3.05) is 49.6 Å². The molecule has 5 rings (SSSR count). The molecule has 0 spiro atoms. The SMILES string of the molecule is Cc1cc(-c2cc(-c3cc(NC(=O)N4CCC(CC(F)(F)F)C4)ccc3C)cc(N3CCOCC3)n2)n[nH]1. The fourth-order valence-corrected chi connectivity index (χ4v) is 5.03. The monoisotopic (exact) mass is 528 g/mol. The van der Waals surface area contributed by atoms with E-state index in [2.05, 4.69) is 20.4 Å². The zero-order valence-electron chi connectivity index (χ0n) is 21.4. The Bertz CT molecular complexity index is 1300. The van der Waals surface area contributed by atoms with E-state index in [1.165, 1.54) is 4.90 Å². The largest absolute Gasteiger partial charge is 0.389 e. The number of anilines is 2. The Balaban J connectivity index is 1.41. The Kier molecular flexibility index (Phi) is 7.29. The molecule has 2 saturated heterocycles. The first-order chi connectivity index (χ1) is 18.1. The minimum Gasteiger partial charge on any atom is -0.378 e. The maximum atomic E-state index is 12.9. The molecule has 3 aromatic rings. The smallest absolute Gasteiger partial charge is 0.378 e. The van der Waals surface area contributed by atoms with Crippen molar-refractivity contribution < 1.29 is 22.7 Å². The molecule has 2 aliphatic heterocycles. The number of carbonyl (C=O) groups is 1. The molecule has 38 heavy (non-hydrogen) atoms. The molecule has 1 unspecified atom stereocenters. The lowest BCUT2D eigenvalue weighted by Gasteiger charge is -2.28. The van der Waals surface area contributed by atoms with Gasteiger partial charge in [-0.05, 0) is 73.2 Å². The molecule has 1 aromatic carbocycles. The first-order valence-electron chi connectivity index (χ1n) is 12.8. The number of likely N-dealkylation sites (tertiary alicyclic amines) is 1. The highest BCUT2D eigenvalue weighted by molar-refractivity contribution is 5.91.